The molecule has 0 saturated carbocycles. The SMILES string of the molecule is CN1CCC[C@]2(CO)CCN(C(=O)c3ccoc3)C[C@@H]12. The molecule has 110 valence electrons. The molecule has 1 aromatic heterocycles. The van der Waals surface area contributed by atoms with Gasteiger partial charge < -0.3 is 19.3 Å². The van der Waals surface area contributed by atoms with E-state index in [9.17, 15) is 9.90 Å². The van der Waals surface area contributed by atoms with Crippen LogP contribution in [0.2, 0.25) is 0 Å². The Kier molecular flexibility index (Phi) is 3.56. The Labute approximate surface area is 119 Å². The van der Waals surface area contributed by atoms with Gasteiger partial charge in [-0.25, -0.2) is 0 Å². The van der Waals surface area contributed by atoms with Gasteiger partial charge in [-0.05, 0) is 38.9 Å². The van der Waals surface area contributed by atoms with Crippen molar-refractivity contribution in [3.8, 4) is 0 Å². The number of carbonyl (C=O) groups is 1. The van der Waals surface area contributed by atoms with E-state index in [1.54, 1.807) is 6.07 Å². The van der Waals surface area contributed by atoms with Gasteiger partial charge in [0, 0.05) is 24.5 Å². The number of carbonyl (C=O) groups excluding carboxylic acids is 1. The number of hydrogen-bond donors (Lipinski definition) is 1. The van der Waals surface area contributed by atoms with Gasteiger partial charge in [0.15, 0.2) is 0 Å². The zero-order valence-corrected chi connectivity index (χ0v) is 11.9. The monoisotopic (exact) mass is 278 g/mol. The third-order valence-corrected chi connectivity index (χ3v) is 5.07. The van der Waals surface area contributed by atoms with Crippen LogP contribution in [0.15, 0.2) is 23.0 Å². The fraction of sp³-hybridized carbons (Fsp3) is 0.667. The van der Waals surface area contributed by atoms with Gasteiger partial charge in [-0.1, -0.05) is 0 Å². The van der Waals surface area contributed by atoms with E-state index >= 15 is 0 Å². The lowest BCUT2D eigenvalue weighted by molar-refractivity contribution is -0.0601. The van der Waals surface area contributed by atoms with Gasteiger partial charge >= 0.3 is 0 Å². The summed E-state index contributed by atoms with van der Waals surface area (Å²) in [5.41, 5.74) is 0.583. The fourth-order valence-corrected chi connectivity index (χ4v) is 3.77. The largest absolute Gasteiger partial charge is 0.472 e. The van der Waals surface area contributed by atoms with Crippen LogP contribution in [-0.4, -0.2) is 60.1 Å². The number of aliphatic hydroxyl groups excluding tert-OH is 1. The lowest BCUT2D eigenvalue weighted by Gasteiger charge is -2.53. The Morgan fingerprint density at radius 3 is 3.05 bits per heavy atom. The van der Waals surface area contributed by atoms with Gasteiger partial charge in [0.1, 0.15) is 6.26 Å². The Balaban J connectivity index is 1.78. The van der Waals surface area contributed by atoms with Gasteiger partial charge in [0.05, 0.1) is 18.4 Å². The number of rotatable bonds is 2. The van der Waals surface area contributed by atoms with Crippen molar-refractivity contribution in [2.45, 2.75) is 25.3 Å². The molecule has 0 aliphatic carbocycles. The van der Waals surface area contributed by atoms with Crippen LogP contribution in [-0.2, 0) is 0 Å². The number of likely N-dealkylation sites (tertiary alicyclic amines) is 2. The summed E-state index contributed by atoms with van der Waals surface area (Å²) in [6.45, 7) is 2.67. The molecule has 2 saturated heterocycles. The van der Waals surface area contributed by atoms with Crippen LogP contribution in [0.1, 0.15) is 29.6 Å². The first kappa shape index (κ1) is 13.6. The fourth-order valence-electron chi connectivity index (χ4n) is 3.77. The molecular formula is C15H22N2O3. The standard InChI is InChI=1S/C15H22N2O3/c1-16-6-2-4-15(11-18)5-7-17(9-13(15)16)14(19)12-3-8-20-10-12/h3,8,10,13,18H,2,4-7,9,11H2,1H3/t13-,15-/m1/s1. The maximum absolute atomic E-state index is 12.4. The molecular weight excluding hydrogens is 256 g/mol. The van der Waals surface area contributed by atoms with Crippen molar-refractivity contribution in [2.75, 3.05) is 33.3 Å². The normalized spacial score (nSPS) is 31.1. The van der Waals surface area contributed by atoms with E-state index in [2.05, 4.69) is 11.9 Å². The lowest BCUT2D eigenvalue weighted by atomic mass is 9.69. The minimum Gasteiger partial charge on any atom is -0.472 e. The average Bonchev–Trinajstić information content (AvgIpc) is 3.01. The van der Waals surface area contributed by atoms with Crippen LogP contribution >= 0.6 is 0 Å². The summed E-state index contributed by atoms with van der Waals surface area (Å²) in [6.07, 6.45) is 6.10. The number of hydrogen-bond acceptors (Lipinski definition) is 4. The first-order valence-electron chi connectivity index (χ1n) is 7.29. The van der Waals surface area contributed by atoms with E-state index in [0.29, 0.717) is 12.1 Å². The molecule has 0 bridgehead atoms. The summed E-state index contributed by atoms with van der Waals surface area (Å²) in [5.74, 6) is 0.0317. The smallest absolute Gasteiger partial charge is 0.257 e. The highest BCUT2D eigenvalue weighted by atomic mass is 16.3. The van der Waals surface area contributed by atoms with Gasteiger partial charge in [-0.2, -0.15) is 0 Å². The highest BCUT2D eigenvalue weighted by molar-refractivity contribution is 5.93. The lowest BCUT2D eigenvalue weighted by Crippen LogP contribution is -2.62. The Morgan fingerprint density at radius 1 is 1.50 bits per heavy atom. The molecule has 20 heavy (non-hydrogen) atoms. The zero-order valence-electron chi connectivity index (χ0n) is 11.9. The Hall–Kier alpha value is -1.33. The minimum atomic E-state index is -0.0276. The van der Waals surface area contributed by atoms with Crippen LogP contribution in [0.4, 0.5) is 0 Å². The Bertz CT molecular complexity index is 473. The molecule has 2 fully saturated rings. The van der Waals surface area contributed by atoms with Gasteiger partial charge in [0.2, 0.25) is 0 Å². The first-order valence-corrected chi connectivity index (χ1v) is 7.29. The van der Waals surface area contributed by atoms with Gasteiger partial charge in [0.25, 0.3) is 5.91 Å². The minimum absolute atomic E-state index is 0.0276. The molecule has 1 amide bonds. The molecule has 0 radical (unpaired) electrons. The third-order valence-electron chi connectivity index (χ3n) is 5.07. The number of furan rings is 1. The Morgan fingerprint density at radius 2 is 2.35 bits per heavy atom. The molecule has 3 rings (SSSR count). The van der Waals surface area contributed by atoms with E-state index in [1.165, 1.54) is 12.5 Å². The van der Waals surface area contributed by atoms with E-state index in [1.807, 2.05) is 4.90 Å². The molecule has 2 atom stereocenters. The van der Waals surface area contributed by atoms with E-state index in [-0.39, 0.29) is 24.0 Å². The van der Waals surface area contributed by atoms with Gasteiger partial charge in [-0.15, -0.1) is 0 Å². The molecule has 5 nitrogen and oxygen atoms in total. The van der Waals surface area contributed by atoms with Crippen molar-refractivity contribution in [3.05, 3.63) is 24.2 Å². The average molecular weight is 278 g/mol. The van der Waals surface area contributed by atoms with Crippen molar-refractivity contribution in [2.24, 2.45) is 5.41 Å². The van der Waals surface area contributed by atoms with Crippen LogP contribution in [0.5, 0.6) is 0 Å². The molecule has 2 aliphatic rings. The van der Waals surface area contributed by atoms with Crippen molar-refractivity contribution in [1.29, 1.82) is 0 Å². The summed E-state index contributed by atoms with van der Waals surface area (Å²) in [6, 6.07) is 1.96. The first-order chi connectivity index (χ1) is 9.66. The third kappa shape index (κ3) is 2.15. The van der Waals surface area contributed by atoms with E-state index < -0.39 is 0 Å². The number of likely N-dealkylation sites (N-methyl/N-ethyl adjacent to an activating group) is 1. The number of nitrogens with zero attached hydrogens (tertiary/aromatic N) is 2. The zero-order chi connectivity index (χ0) is 14.2. The van der Waals surface area contributed by atoms with Crippen molar-refractivity contribution in [1.82, 2.24) is 9.80 Å². The van der Waals surface area contributed by atoms with E-state index in [0.717, 1.165) is 32.4 Å². The van der Waals surface area contributed by atoms with Crippen molar-refractivity contribution < 1.29 is 14.3 Å². The summed E-state index contributed by atoms with van der Waals surface area (Å²) >= 11 is 0. The summed E-state index contributed by atoms with van der Waals surface area (Å²) < 4.78 is 5.00. The molecule has 1 aromatic rings. The summed E-state index contributed by atoms with van der Waals surface area (Å²) in [4.78, 5) is 16.6. The van der Waals surface area contributed by atoms with Crippen molar-refractivity contribution in [3.63, 3.8) is 0 Å². The van der Waals surface area contributed by atoms with Crippen LogP contribution in [0, 0.1) is 5.41 Å². The summed E-state index contributed by atoms with van der Waals surface area (Å²) in [7, 11) is 2.10. The van der Waals surface area contributed by atoms with Crippen LogP contribution in [0.3, 0.4) is 0 Å². The maximum atomic E-state index is 12.4. The van der Waals surface area contributed by atoms with Crippen LogP contribution < -0.4 is 0 Å². The molecule has 1 N–H and O–H groups in total. The highest BCUT2D eigenvalue weighted by Crippen LogP contribution is 2.41. The predicted molar refractivity (Wildman–Crippen MR) is 74.4 cm³/mol. The molecule has 3 heterocycles. The number of piperidine rings is 2. The predicted octanol–water partition coefficient (Wildman–Crippen LogP) is 1.20. The van der Waals surface area contributed by atoms with Gasteiger partial charge in [-0.3, -0.25) is 4.79 Å². The molecule has 2 aliphatic heterocycles. The quantitative estimate of drug-likeness (QED) is 0.883. The second kappa shape index (κ2) is 5.22. The topological polar surface area (TPSA) is 56.9 Å². The molecule has 0 aromatic carbocycles. The molecule has 5 heteroatoms. The highest BCUT2D eigenvalue weighted by Gasteiger charge is 2.47. The second-order valence-corrected chi connectivity index (χ2v) is 6.13. The second-order valence-electron chi connectivity index (χ2n) is 6.13. The van der Waals surface area contributed by atoms with E-state index in [4.69, 9.17) is 4.42 Å². The van der Waals surface area contributed by atoms with Crippen LogP contribution in [0.25, 0.3) is 0 Å². The maximum Gasteiger partial charge on any atom is 0.257 e. The summed E-state index contributed by atoms with van der Waals surface area (Å²) in [5, 5.41) is 9.86. The number of aliphatic hydroxyl groups is 1. The molecule has 0 unspecified atom stereocenters. The molecule has 0 spiro atoms. The van der Waals surface area contributed by atoms with Crippen molar-refractivity contribution >= 4 is 5.91 Å². The number of fused-ring (bicyclic) bond motifs is 1. The number of amides is 1.